The fraction of sp³-hybridized carbons (Fsp3) is 0.600. The zero-order valence-electron chi connectivity index (χ0n) is 11.2. The lowest BCUT2D eigenvalue weighted by Crippen LogP contribution is -2.30. The molecule has 0 aliphatic heterocycles. The van der Waals surface area contributed by atoms with Crippen LogP contribution in [0.15, 0.2) is 18.2 Å². The third kappa shape index (κ3) is 3.67. The number of rotatable bonds is 3. The molecule has 1 saturated carbocycles. The Kier molecular flexibility index (Phi) is 4.77. The molecule has 0 radical (unpaired) electrons. The van der Waals surface area contributed by atoms with E-state index in [0.717, 1.165) is 32.1 Å². The van der Waals surface area contributed by atoms with E-state index in [1.54, 1.807) is 6.07 Å². The van der Waals surface area contributed by atoms with Crippen LogP contribution in [0.25, 0.3) is 0 Å². The molecule has 1 aliphatic carbocycles. The van der Waals surface area contributed by atoms with Crippen molar-refractivity contribution < 1.29 is 19.3 Å². The molecule has 19 heavy (non-hydrogen) atoms. The lowest BCUT2D eigenvalue weighted by molar-refractivity contribution is 0.0317. The van der Waals surface area contributed by atoms with E-state index >= 15 is 0 Å². The summed E-state index contributed by atoms with van der Waals surface area (Å²) in [5, 5.41) is 19.3. The van der Waals surface area contributed by atoms with Gasteiger partial charge in [-0.2, -0.15) is 0 Å². The number of benzene rings is 1. The summed E-state index contributed by atoms with van der Waals surface area (Å²) >= 11 is 0. The Morgan fingerprint density at radius 1 is 1.26 bits per heavy atom. The lowest BCUT2D eigenvalue weighted by Gasteiger charge is -2.22. The molecule has 3 nitrogen and oxygen atoms in total. The van der Waals surface area contributed by atoms with Gasteiger partial charge in [-0.05, 0) is 38.3 Å². The molecule has 0 bridgehead atoms. The molecule has 2 N–H and O–H groups in total. The average Bonchev–Trinajstić information content (AvgIpc) is 2.55. The van der Waals surface area contributed by atoms with Gasteiger partial charge in [0.1, 0.15) is 17.7 Å². The summed E-state index contributed by atoms with van der Waals surface area (Å²) in [6, 6.07) is 4.45. The number of halogens is 1. The maximum atomic E-state index is 13.7. The summed E-state index contributed by atoms with van der Waals surface area (Å²) in [5.74, 6) is -0.0662. The standard InChI is InChI=1S/C15H21FO3/c1-10(17)12-8-7-11(9-13(12)16)19-15-6-4-2-3-5-14(15)18/h7-10,14-15,17-18H,2-6H2,1H3/t10-,14?,15?/m1/s1. The van der Waals surface area contributed by atoms with Crippen LogP contribution in [0.5, 0.6) is 5.75 Å². The van der Waals surface area contributed by atoms with Crippen LogP contribution in [0.3, 0.4) is 0 Å². The average molecular weight is 268 g/mol. The Bertz CT molecular complexity index is 420. The Hall–Kier alpha value is -1.13. The molecule has 1 aliphatic rings. The quantitative estimate of drug-likeness (QED) is 0.829. The first-order valence-corrected chi connectivity index (χ1v) is 6.90. The van der Waals surface area contributed by atoms with Gasteiger partial charge in [-0.1, -0.05) is 12.8 Å². The highest BCUT2D eigenvalue weighted by molar-refractivity contribution is 5.30. The molecular weight excluding hydrogens is 247 g/mol. The zero-order valence-corrected chi connectivity index (χ0v) is 11.2. The molecule has 0 heterocycles. The van der Waals surface area contributed by atoms with Gasteiger partial charge in [0, 0.05) is 11.6 Å². The SMILES string of the molecule is C[C@@H](O)c1ccc(OC2CCCCCC2O)cc1F. The van der Waals surface area contributed by atoms with Gasteiger partial charge >= 0.3 is 0 Å². The van der Waals surface area contributed by atoms with E-state index in [1.807, 2.05) is 0 Å². The minimum absolute atomic E-state index is 0.258. The van der Waals surface area contributed by atoms with Crippen LogP contribution in [0.4, 0.5) is 4.39 Å². The first-order valence-electron chi connectivity index (χ1n) is 6.90. The molecule has 3 atom stereocenters. The molecule has 1 aromatic rings. The molecule has 0 spiro atoms. The van der Waals surface area contributed by atoms with E-state index in [-0.39, 0.29) is 11.7 Å². The van der Waals surface area contributed by atoms with Crippen molar-refractivity contribution in [2.75, 3.05) is 0 Å². The van der Waals surface area contributed by atoms with Crippen LogP contribution in [0, 0.1) is 5.82 Å². The highest BCUT2D eigenvalue weighted by Crippen LogP contribution is 2.26. The number of aliphatic hydroxyl groups is 2. The van der Waals surface area contributed by atoms with E-state index < -0.39 is 18.0 Å². The number of hydrogen-bond donors (Lipinski definition) is 2. The molecule has 1 aromatic carbocycles. The van der Waals surface area contributed by atoms with Gasteiger partial charge in [-0.25, -0.2) is 4.39 Å². The van der Waals surface area contributed by atoms with Crippen LogP contribution >= 0.6 is 0 Å². The topological polar surface area (TPSA) is 49.7 Å². The van der Waals surface area contributed by atoms with Crippen molar-refractivity contribution in [2.45, 2.75) is 57.3 Å². The second kappa shape index (κ2) is 6.35. The van der Waals surface area contributed by atoms with E-state index in [9.17, 15) is 14.6 Å². The van der Waals surface area contributed by atoms with E-state index in [1.165, 1.54) is 19.1 Å². The maximum absolute atomic E-state index is 13.7. The Morgan fingerprint density at radius 3 is 2.68 bits per heavy atom. The largest absolute Gasteiger partial charge is 0.488 e. The molecule has 2 unspecified atom stereocenters. The third-order valence-corrected chi connectivity index (χ3v) is 3.63. The van der Waals surface area contributed by atoms with Gasteiger partial charge < -0.3 is 14.9 Å². The van der Waals surface area contributed by atoms with Crippen molar-refractivity contribution in [3.63, 3.8) is 0 Å². The first kappa shape index (κ1) is 14.3. The van der Waals surface area contributed by atoms with E-state index in [4.69, 9.17) is 4.74 Å². The molecule has 0 aromatic heterocycles. The summed E-state index contributed by atoms with van der Waals surface area (Å²) in [5.41, 5.74) is 0.258. The highest BCUT2D eigenvalue weighted by atomic mass is 19.1. The molecule has 0 saturated heterocycles. The van der Waals surface area contributed by atoms with Gasteiger partial charge in [-0.3, -0.25) is 0 Å². The first-order chi connectivity index (χ1) is 9.08. The minimum atomic E-state index is -0.836. The van der Waals surface area contributed by atoms with E-state index in [2.05, 4.69) is 0 Å². The van der Waals surface area contributed by atoms with Gasteiger partial charge in [0.05, 0.1) is 12.2 Å². The van der Waals surface area contributed by atoms with Crippen LogP contribution in [-0.2, 0) is 0 Å². The van der Waals surface area contributed by atoms with Crippen molar-refractivity contribution in [3.05, 3.63) is 29.6 Å². The molecule has 2 rings (SSSR count). The molecule has 4 heteroatoms. The van der Waals surface area contributed by atoms with Crippen molar-refractivity contribution in [1.29, 1.82) is 0 Å². The Morgan fingerprint density at radius 2 is 2.00 bits per heavy atom. The number of hydrogen-bond acceptors (Lipinski definition) is 3. The summed E-state index contributed by atoms with van der Waals surface area (Å²) < 4.78 is 19.4. The molecule has 106 valence electrons. The molecule has 0 amide bonds. The second-order valence-corrected chi connectivity index (χ2v) is 5.22. The van der Waals surface area contributed by atoms with Gasteiger partial charge in [0.2, 0.25) is 0 Å². The Balaban J connectivity index is 2.08. The van der Waals surface area contributed by atoms with Crippen LogP contribution in [-0.4, -0.2) is 22.4 Å². The normalized spacial score (nSPS) is 25.7. The van der Waals surface area contributed by atoms with Gasteiger partial charge in [0.25, 0.3) is 0 Å². The van der Waals surface area contributed by atoms with Crippen molar-refractivity contribution in [1.82, 2.24) is 0 Å². The van der Waals surface area contributed by atoms with Crippen LogP contribution < -0.4 is 4.74 Å². The van der Waals surface area contributed by atoms with Crippen LogP contribution in [0.2, 0.25) is 0 Å². The number of aliphatic hydroxyl groups excluding tert-OH is 2. The second-order valence-electron chi connectivity index (χ2n) is 5.22. The van der Waals surface area contributed by atoms with Crippen molar-refractivity contribution in [2.24, 2.45) is 0 Å². The summed E-state index contributed by atoms with van der Waals surface area (Å²) in [6.45, 7) is 1.52. The molecule has 1 fully saturated rings. The summed E-state index contributed by atoms with van der Waals surface area (Å²) in [4.78, 5) is 0. The van der Waals surface area contributed by atoms with Gasteiger partial charge in [-0.15, -0.1) is 0 Å². The van der Waals surface area contributed by atoms with Gasteiger partial charge in [0.15, 0.2) is 0 Å². The highest BCUT2D eigenvalue weighted by Gasteiger charge is 2.23. The molecular formula is C15H21FO3. The fourth-order valence-corrected chi connectivity index (χ4v) is 2.49. The summed E-state index contributed by atoms with van der Waals surface area (Å²) in [7, 11) is 0. The van der Waals surface area contributed by atoms with E-state index in [0.29, 0.717) is 5.75 Å². The van der Waals surface area contributed by atoms with Crippen LogP contribution in [0.1, 0.15) is 50.7 Å². The zero-order chi connectivity index (χ0) is 13.8. The minimum Gasteiger partial charge on any atom is -0.488 e. The lowest BCUT2D eigenvalue weighted by atomic mass is 10.1. The fourth-order valence-electron chi connectivity index (χ4n) is 2.49. The number of ether oxygens (including phenoxy) is 1. The maximum Gasteiger partial charge on any atom is 0.132 e. The predicted octanol–water partition coefficient (Wildman–Crippen LogP) is 2.95. The Labute approximate surface area is 113 Å². The smallest absolute Gasteiger partial charge is 0.132 e. The van der Waals surface area contributed by atoms with Crippen molar-refractivity contribution in [3.8, 4) is 5.75 Å². The summed E-state index contributed by atoms with van der Waals surface area (Å²) in [6.07, 6.45) is 3.08. The van der Waals surface area contributed by atoms with Crippen molar-refractivity contribution >= 4 is 0 Å². The predicted molar refractivity (Wildman–Crippen MR) is 70.5 cm³/mol. The third-order valence-electron chi connectivity index (χ3n) is 3.63. The monoisotopic (exact) mass is 268 g/mol.